The number of hydrogen-bond donors (Lipinski definition) is 1. The van der Waals surface area contributed by atoms with E-state index in [2.05, 4.69) is 10.1 Å². The lowest BCUT2D eigenvalue weighted by atomic mass is 9.72. The summed E-state index contributed by atoms with van der Waals surface area (Å²) < 4.78 is 41.2. The third kappa shape index (κ3) is 1.72. The molecule has 1 N–H and O–H groups in total. The van der Waals surface area contributed by atoms with Crippen molar-refractivity contribution in [1.82, 2.24) is 10.2 Å². The van der Waals surface area contributed by atoms with Gasteiger partial charge in [-0.15, -0.1) is 0 Å². The molecule has 0 radical (unpaired) electrons. The largest absolute Gasteiger partial charge is 0.490 e. The van der Waals surface area contributed by atoms with Crippen molar-refractivity contribution in [1.29, 1.82) is 0 Å². The van der Waals surface area contributed by atoms with Crippen LogP contribution in [0.3, 0.4) is 0 Å². The van der Waals surface area contributed by atoms with Crippen molar-refractivity contribution in [2.24, 2.45) is 5.41 Å². The van der Waals surface area contributed by atoms with Crippen LogP contribution in [0.15, 0.2) is 0 Å². The Morgan fingerprint density at radius 2 is 2.00 bits per heavy atom. The van der Waals surface area contributed by atoms with Crippen molar-refractivity contribution in [2.45, 2.75) is 31.3 Å². The van der Waals surface area contributed by atoms with Crippen LogP contribution in [0.4, 0.5) is 13.2 Å². The van der Waals surface area contributed by atoms with Gasteiger partial charge in [0.2, 0.25) is 0 Å². The van der Waals surface area contributed by atoms with Crippen LogP contribution in [0, 0.1) is 5.41 Å². The molecule has 2 heterocycles. The average Bonchev–Trinajstić information content (AvgIpc) is 2.92. The fourth-order valence-electron chi connectivity index (χ4n) is 2.58. The van der Waals surface area contributed by atoms with Crippen molar-refractivity contribution >= 4 is 5.97 Å². The van der Waals surface area contributed by atoms with Gasteiger partial charge < -0.3 is 10.1 Å². The molecule has 7 heteroatoms. The number of halogens is 3. The quantitative estimate of drug-likeness (QED) is 0.724. The predicted molar refractivity (Wildman–Crippen MR) is 51.0 cm³/mol. The number of alkyl halides is 3. The van der Waals surface area contributed by atoms with Crippen LogP contribution >= 0.6 is 0 Å². The molecule has 0 amide bonds. The summed E-state index contributed by atoms with van der Waals surface area (Å²) in [4.78, 5) is 12.8. The van der Waals surface area contributed by atoms with Gasteiger partial charge in [-0.05, 0) is 12.8 Å². The summed E-state index contributed by atoms with van der Waals surface area (Å²) in [7, 11) is 0. The van der Waals surface area contributed by atoms with Gasteiger partial charge >= 0.3 is 12.1 Å². The molecule has 1 atom stereocenters. The first-order valence-electron chi connectivity index (χ1n) is 5.67. The monoisotopic (exact) mass is 250 g/mol. The first kappa shape index (κ1) is 11.3. The smallest absolute Gasteiger partial charge is 0.439 e. The molecule has 0 aromatic carbocycles. The Morgan fingerprint density at radius 1 is 1.35 bits per heavy atom. The minimum atomic E-state index is -4.90. The summed E-state index contributed by atoms with van der Waals surface area (Å²) in [6.07, 6.45) is -3.61. The molecule has 1 saturated carbocycles. The zero-order chi connectivity index (χ0) is 12.3. The Morgan fingerprint density at radius 3 is 2.41 bits per heavy atom. The highest BCUT2D eigenvalue weighted by molar-refractivity contribution is 5.76. The van der Waals surface area contributed by atoms with Crippen molar-refractivity contribution < 1.29 is 22.7 Å². The topological polar surface area (TPSA) is 41.6 Å². The minimum Gasteiger partial charge on any atom is -0.439 e. The Hall–Kier alpha value is -0.820. The third-order valence-corrected chi connectivity index (χ3v) is 3.74. The van der Waals surface area contributed by atoms with E-state index >= 15 is 0 Å². The lowest BCUT2D eigenvalue weighted by Crippen LogP contribution is -2.78. The van der Waals surface area contributed by atoms with Crippen LogP contribution in [0.1, 0.15) is 12.8 Å². The van der Waals surface area contributed by atoms with E-state index < -0.39 is 18.4 Å². The normalized spacial score (nSPS) is 31.8. The van der Waals surface area contributed by atoms with E-state index in [1.165, 1.54) is 0 Å². The van der Waals surface area contributed by atoms with Gasteiger partial charge in [-0.25, -0.2) is 4.79 Å². The van der Waals surface area contributed by atoms with Gasteiger partial charge in [-0.3, -0.25) is 4.90 Å². The predicted octanol–water partition coefficient (Wildman–Crippen LogP) is 0.486. The van der Waals surface area contributed by atoms with Crippen LogP contribution in [-0.2, 0) is 9.53 Å². The van der Waals surface area contributed by atoms with Crippen molar-refractivity contribution in [3.63, 3.8) is 0 Å². The van der Waals surface area contributed by atoms with Crippen LogP contribution in [0.25, 0.3) is 0 Å². The fraction of sp³-hybridized carbons (Fsp3) is 0.900. The Kier molecular flexibility index (Phi) is 2.22. The van der Waals surface area contributed by atoms with Crippen molar-refractivity contribution in [3.05, 3.63) is 0 Å². The molecule has 2 saturated heterocycles. The van der Waals surface area contributed by atoms with Gasteiger partial charge in [-0.1, -0.05) is 0 Å². The number of carbonyl (C=O) groups excluding carboxylic acids is 1. The molecule has 1 unspecified atom stereocenters. The van der Waals surface area contributed by atoms with Crippen LogP contribution in [0.2, 0.25) is 0 Å². The second kappa shape index (κ2) is 3.35. The standard InChI is InChI=1S/C10H13F3N2O2/c11-10(12,13)8(16)17-7-9(3-14-4-9)5-15(7)6-1-2-6/h6-7,14H,1-5H2. The highest BCUT2D eigenvalue weighted by atomic mass is 19.4. The molecular weight excluding hydrogens is 237 g/mol. The number of esters is 1. The Balaban J connectivity index is 1.67. The van der Waals surface area contributed by atoms with Gasteiger partial charge in [0, 0.05) is 25.7 Å². The molecule has 96 valence electrons. The number of carbonyl (C=O) groups is 1. The maximum absolute atomic E-state index is 12.2. The Bertz CT molecular complexity index is 350. The van der Waals surface area contributed by atoms with Gasteiger partial charge in [0.25, 0.3) is 0 Å². The zero-order valence-corrected chi connectivity index (χ0v) is 9.09. The minimum absolute atomic E-state index is 0.274. The molecule has 1 spiro atoms. The van der Waals surface area contributed by atoms with Crippen LogP contribution < -0.4 is 5.32 Å². The third-order valence-electron chi connectivity index (χ3n) is 3.74. The van der Waals surface area contributed by atoms with Gasteiger partial charge in [0.05, 0.1) is 5.41 Å². The van der Waals surface area contributed by atoms with E-state index in [1.54, 1.807) is 0 Å². The van der Waals surface area contributed by atoms with Crippen molar-refractivity contribution in [2.75, 3.05) is 19.6 Å². The molecule has 0 bridgehead atoms. The lowest BCUT2D eigenvalue weighted by Gasteiger charge is -2.61. The molecule has 3 fully saturated rings. The molecule has 3 rings (SSSR count). The van der Waals surface area contributed by atoms with Gasteiger partial charge in [0.15, 0.2) is 6.23 Å². The first-order valence-corrected chi connectivity index (χ1v) is 5.67. The number of rotatable bonds is 2. The number of likely N-dealkylation sites (tertiary alicyclic amines) is 1. The van der Waals surface area contributed by atoms with E-state index in [0.717, 1.165) is 19.4 Å². The summed E-state index contributed by atoms with van der Waals surface area (Å²) in [5.74, 6) is -2.07. The highest BCUT2D eigenvalue weighted by Gasteiger charge is 2.62. The van der Waals surface area contributed by atoms with Crippen LogP contribution in [0.5, 0.6) is 0 Å². The van der Waals surface area contributed by atoms with E-state index in [9.17, 15) is 18.0 Å². The van der Waals surface area contributed by atoms with E-state index in [0.29, 0.717) is 19.1 Å². The summed E-state index contributed by atoms with van der Waals surface area (Å²) in [5, 5.41) is 3.03. The maximum atomic E-state index is 12.2. The average molecular weight is 250 g/mol. The Labute approximate surface area is 96.1 Å². The molecule has 0 aromatic rings. The number of nitrogens with zero attached hydrogens (tertiary/aromatic N) is 1. The number of ether oxygens (including phenoxy) is 1. The van der Waals surface area contributed by atoms with E-state index in [1.807, 2.05) is 4.90 Å². The second-order valence-corrected chi connectivity index (χ2v) is 5.12. The zero-order valence-electron chi connectivity index (χ0n) is 9.09. The molecular formula is C10H13F3N2O2. The van der Waals surface area contributed by atoms with Gasteiger partial charge in [-0.2, -0.15) is 13.2 Å². The summed E-state index contributed by atoms with van der Waals surface area (Å²) in [5.41, 5.74) is -0.274. The molecule has 2 aliphatic heterocycles. The molecule has 3 aliphatic rings. The lowest BCUT2D eigenvalue weighted by molar-refractivity contribution is -0.262. The number of nitrogens with one attached hydrogen (secondary N) is 1. The van der Waals surface area contributed by atoms with E-state index in [-0.39, 0.29) is 5.41 Å². The maximum Gasteiger partial charge on any atom is 0.490 e. The fourth-order valence-corrected chi connectivity index (χ4v) is 2.58. The summed E-state index contributed by atoms with van der Waals surface area (Å²) in [6, 6.07) is 0.312. The summed E-state index contributed by atoms with van der Waals surface area (Å²) >= 11 is 0. The number of hydrogen-bond acceptors (Lipinski definition) is 4. The van der Waals surface area contributed by atoms with Crippen LogP contribution in [-0.4, -0.2) is 48.9 Å². The molecule has 0 aromatic heterocycles. The SMILES string of the molecule is O=C(OC1N(C2CC2)CC12CNC2)C(F)(F)F. The molecule has 4 nitrogen and oxygen atoms in total. The van der Waals surface area contributed by atoms with Crippen molar-refractivity contribution in [3.8, 4) is 0 Å². The van der Waals surface area contributed by atoms with E-state index in [4.69, 9.17) is 0 Å². The molecule has 17 heavy (non-hydrogen) atoms. The highest BCUT2D eigenvalue weighted by Crippen LogP contribution is 2.47. The van der Waals surface area contributed by atoms with Gasteiger partial charge in [0.1, 0.15) is 0 Å². The molecule has 1 aliphatic carbocycles. The first-order chi connectivity index (χ1) is 7.92. The second-order valence-electron chi connectivity index (χ2n) is 5.12. The summed E-state index contributed by atoms with van der Waals surface area (Å²) in [6.45, 7) is 2.00.